The number of ether oxygens (including phenoxy) is 1. The molecule has 0 radical (unpaired) electrons. The molecule has 16 heavy (non-hydrogen) atoms. The van der Waals surface area contributed by atoms with Gasteiger partial charge in [-0.1, -0.05) is 0 Å². The minimum absolute atomic E-state index is 0.149. The highest BCUT2D eigenvalue weighted by Crippen LogP contribution is 1.97. The summed E-state index contributed by atoms with van der Waals surface area (Å²) in [5, 5.41) is 20.9. The predicted molar refractivity (Wildman–Crippen MR) is 49.6 cm³/mol. The highest BCUT2D eigenvalue weighted by molar-refractivity contribution is 5.92. The number of nitrogens with one attached hydrogen (secondary N) is 1. The Balaban J connectivity index is 2.67. The topological polar surface area (TPSA) is 121 Å². The van der Waals surface area contributed by atoms with E-state index in [1.165, 1.54) is 7.11 Å². The number of aromatic amines is 1. The van der Waals surface area contributed by atoms with Crippen LogP contribution in [0.3, 0.4) is 0 Å². The lowest BCUT2D eigenvalue weighted by molar-refractivity contribution is -0.137. The van der Waals surface area contributed by atoms with Crippen LogP contribution < -0.4 is 0 Å². The summed E-state index contributed by atoms with van der Waals surface area (Å²) in [7, 11) is 1.46. The largest absolute Gasteiger partial charge is 0.480 e. The molecule has 0 atom stereocenters. The average molecular weight is 229 g/mol. The molecule has 0 aliphatic heterocycles. The highest BCUT2D eigenvalue weighted by atomic mass is 16.5. The molecule has 0 unspecified atom stereocenters. The van der Waals surface area contributed by atoms with Crippen molar-refractivity contribution in [2.75, 3.05) is 26.8 Å². The molecule has 0 aromatic carbocycles. The summed E-state index contributed by atoms with van der Waals surface area (Å²) in [6, 6.07) is 0. The number of H-pyrrole nitrogens is 1. The third-order valence-corrected chi connectivity index (χ3v) is 1.72. The summed E-state index contributed by atoms with van der Waals surface area (Å²) in [6.07, 6.45) is 0. The molecule has 0 aliphatic carbocycles. The number of aromatic nitrogens is 4. The van der Waals surface area contributed by atoms with Crippen LogP contribution in [0.1, 0.15) is 10.6 Å². The van der Waals surface area contributed by atoms with E-state index in [0.717, 1.165) is 4.90 Å². The lowest BCUT2D eigenvalue weighted by Gasteiger charge is -2.17. The van der Waals surface area contributed by atoms with Crippen LogP contribution in [-0.2, 0) is 9.53 Å². The van der Waals surface area contributed by atoms with E-state index in [9.17, 15) is 9.59 Å². The van der Waals surface area contributed by atoms with Crippen LogP contribution in [0.5, 0.6) is 0 Å². The van der Waals surface area contributed by atoms with Crippen LogP contribution in [0.25, 0.3) is 0 Å². The van der Waals surface area contributed by atoms with E-state index in [4.69, 9.17) is 9.84 Å². The van der Waals surface area contributed by atoms with Crippen molar-refractivity contribution in [3.8, 4) is 0 Å². The zero-order valence-corrected chi connectivity index (χ0v) is 8.58. The zero-order chi connectivity index (χ0) is 12.0. The Morgan fingerprint density at radius 3 is 2.81 bits per heavy atom. The van der Waals surface area contributed by atoms with Gasteiger partial charge in [0.25, 0.3) is 11.7 Å². The lowest BCUT2D eigenvalue weighted by atomic mass is 10.4. The molecule has 2 N–H and O–H groups in total. The first-order valence-electron chi connectivity index (χ1n) is 4.38. The molecule has 1 aromatic heterocycles. The molecule has 1 rings (SSSR count). The number of carboxylic acid groups (broad SMARTS) is 1. The maximum absolute atomic E-state index is 11.7. The minimum Gasteiger partial charge on any atom is -0.480 e. The molecule has 1 heterocycles. The number of hydrogen-bond acceptors (Lipinski definition) is 6. The van der Waals surface area contributed by atoms with Gasteiger partial charge in [-0.25, -0.2) is 0 Å². The standard InChI is InChI=1S/C7H11N5O4/c1-16-3-2-12(4-5(13)14)7(15)6-8-10-11-9-6/h2-4H2,1H3,(H,13,14)(H,8,9,10,11). The summed E-state index contributed by atoms with van der Waals surface area (Å²) in [5.41, 5.74) is 0. The zero-order valence-electron chi connectivity index (χ0n) is 8.58. The lowest BCUT2D eigenvalue weighted by Crippen LogP contribution is -2.38. The van der Waals surface area contributed by atoms with Crippen LogP contribution >= 0.6 is 0 Å². The molecule has 0 saturated heterocycles. The Bertz CT molecular complexity index is 352. The molecule has 1 aromatic rings. The number of carbonyl (C=O) groups excluding carboxylic acids is 1. The van der Waals surface area contributed by atoms with Crippen molar-refractivity contribution < 1.29 is 19.4 Å². The Morgan fingerprint density at radius 1 is 1.56 bits per heavy atom. The van der Waals surface area contributed by atoms with Crippen molar-refractivity contribution in [1.82, 2.24) is 25.5 Å². The third kappa shape index (κ3) is 3.28. The summed E-state index contributed by atoms with van der Waals surface area (Å²) in [5.74, 6) is -1.89. The van der Waals surface area contributed by atoms with Crippen LogP contribution in [0.2, 0.25) is 0 Å². The van der Waals surface area contributed by atoms with E-state index < -0.39 is 18.4 Å². The van der Waals surface area contributed by atoms with Gasteiger partial charge in [0, 0.05) is 13.7 Å². The van der Waals surface area contributed by atoms with E-state index >= 15 is 0 Å². The summed E-state index contributed by atoms with van der Waals surface area (Å²) >= 11 is 0. The fourth-order valence-electron chi connectivity index (χ4n) is 1.01. The van der Waals surface area contributed by atoms with Gasteiger partial charge in [0.05, 0.1) is 6.61 Å². The number of methoxy groups -OCH3 is 1. The van der Waals surface area contributed by atoms with Crippen molar-refractivity contribution in [1.29, 1.82) is 0 Å². The predicted octanol–water partition coefficient (Wildman–Crippen LogP) is -1.63. The smallest absolute Gasteiger partial charge is 0.323 e. The quantitative estimate of drug-likeness (QED) is 0.600. The molecule has 9 nitrogen and oxygen atoms in total. The van der Waals surface area contributed by atoms with Crippen LogP contribution in [0.4, 0.5) is 0 Å². The van der Waals surface area contributed by atoms with Crippen LogP contribution in [0, 0.1) is 0 Å². The summed E-state index contributed by atoms with van der Waals surface area (Å²) in [4.78, 5) is 23.3. The van der Waals surface area contributed by atoms with Crippen molar-refractivity contribution in [3.63, 3.8) is 0 Å². The fourth-order valence-corrected chi connectivity index (χ4v) is 1.01. The molecular formula is C7H11N5O4. The number of nitrogens with zero attached hydrogens (tertiary/aromatic N) is 4. The van der Waals surface area contributed by atoms with E-state index in [2.05, 4.69) is 20.6 Å². The van der Waals surface area contributed by atoms with E-state index in [1.54, 1.807) is 0 Å². The van der Waals surface area contributed by atoms with Crippen molar-refractivity contribution >= 4 is 11.9 Å². The molecule has 88 valence electrons. The van der Waals surface area contributed by atoms with Gasteiger partial charge < -0.3 is 14.7 Å². The molecular weight excluding hydrogens is 218 g/mol. The van der Waals surface area contributed by atoms with Crippen LogP contribution in [-0.4, -0.2) is 69.3 Å². The SMILES string of the molecule is COCCN(CC(=O)O)C(=O)c1nn[nH]n1. The van der Waals surface area contributed by atoms with Gasteiger partial charge in [0.2, 0.25) is 0 Å². The second-order valence-electron chi connectivity index (χ2n) is 2.85. The van der Waals surface area contributed by atoms with Gasteiger partial charge in [0.1, 0.15) is 6.54 Å². The number of carboxylic acids is 1. The van der Waals surface area contributed by atoms with E-state index in [1.807, 2.05) is 0 Å². The first-order chi connectivity index (χ1) is 7.65. The van der Waals surface area contributed by atoms with Gasteiger partial charge >= 0.3 is 5.97 Å². The normalized spacial score (nSPS) is 10.1. The Kier molecular flexibility index (Phi) is 4.33. The summed E-state index contributed by atoms with van der Waals surface area (Å²) in [6.45, 7) is -0.0518. The Labute approximate surface area is 90.4 Å². The molecule has 0 aliphatic rings. The van der Waals surface area contributed by atoms with Gasteiger partial charge in [-0.05, 0) is 5.21 Å². The van der Waals surface area contributed by atoms with Gasteiger partial charge in [-0.15, -0.1) is 10.2 Å². The molecule has 0 spiro atoms. The van der Waals surface area contributed by atoms with Gasteiger partial charge in [-0.3, -0.25) is 9.59 Å². The first kappa shape index (κ1) is 12.0. The molecule has 1 amide bonds. The van der Waals surface area contributed by atoms with Crippen molar-refractivity contribution in [3.05, 3.63) is 5.82 Å². The second-order valence-corrected chi connectivity index (χ2v) is 2.85. The number of rotatable bonds is 6. The second kappa shape index (κ2) is 5.75. The highest BCUT2D eigenvalue weighted by Gasteiger charge is 2.21. The van der Waals surface area contributed by atoms with E-state index in [-0.39, 0.29) is 19.0 Å². The van der Waals surface area contributed by atoms with Crippen LogP contribution in [0.15, 0.2) is 0 Å². The number of tetrazole rings is 1. The molecule has 0 saturated carbocycles. The number of hydrogen-bond donors (Lipinski definition) is 2. The monoisotopic (exact) mass is 229 g/mol. The van der Waals surface area contributed by atoms with Crippen molar-refractivity contribution in [2.45, 2.75) is 0 Å². The van der Waals surface area contributed by atoms with Gasteiger partial charge in [-0.2, -0.15) is 5.21 Å². The van der Waals surface area contributed by atoms with E-state index in [0.29, 0.717) is 0 Å². The number of amides is 1. The minimum atomic E-state index is -1.12. The third-order valence-electron chi connectivity index (χ3n) is 1.72. The van der Waals surface area contributed by atoms with Gasteiger partial charge in [0.15, 0.2) is 0 Å². The molecule has 0 bridgehead atoms. The van der Waals surface area contributed by atoms with Crippen molar-refractivity contribution in [2.24, 2.45) is 0 Å². The molecule has 9 heteroatoms. The summed E-state index contributed by atoms with van der Waals surface area (Å²) < 4.78 is 4.77. The number of carbonyl (C=O) groups is 2. The number of aliphatic carboxylic acids is 1. The maximum atomic E-state index is 11.7. The average Bonchev–Trinajstić information content (AvgIpc) is 2.76. The fraction of sp³-hybridized carbons (Fsp3) is 0.571. The first-order valence-corrected chi connectivity index (χ1v) is 4.38. The Morgan fingerprint density at radius 2 is 2.31 bits per heavy atom. The maximum Gasteiger partial charge on any atom is 0.323 e. The molecule has 0 fully saturated rings. The Hall–Kier alpha value is -2.03.